The third-order valence-corrected chi connectivity index (χ3v) is 2.47. The molecule has 0 saturated carbocycles. The Labute approximate surface area is 93.4 Å². The van der Waals surface area contributed by atoms with E-state index in [0.717, 1.165) is 22.2 Å². The van der Waals surface area contributed by atoms with E-state index in [1.54, 1.807) is 0 Å². The summed E-state index contributed by atoms with van der Waals surface area (Å²) in [5.41, 5.74) is 8.57. The first-order valence-electron chi connectivity index (χ1n) is 5.15. The Morgan fingerprint density at radius 3 is 3.06 bits per heavy atom. The van der Waals surface area contributed by atoms with Crippen LogP contribution in [0.1, 0.15) is 12.5 Å². The number of H-pyrrole nitrogens is 1. The van der Waals surface area contributed by atoms with Crippen LogP contribution in [0.4, 0.5) is 5.69 Å². The first-order valence-corrected chi connectivity index (χ1v) is 5.15. The molecular formula is C12H14N2O2. The first-order chi connectivity index (χ1) is 7.66. The molecule has 0 saturated heterocycles. The van der Waals surface area contributed by atoms with Gasteiger partial charge in [-0.05, 0) is 17.7 Å². The van der Waals surface area contributed by atoms with E-state index in [1.165, 1.54) is 6.92 Å². The number of aromatic amines is 1. The molecule has 4 nitrogen and oxygen atoms in total. The Hall–Kier alpha value is -1.97. The fourth-order valence-corrected chi connectivity index (χ4v) is 1.72. The van der Waals surface area contributed by atoms with E-state index in [-0.39, 0.29) is 5.97 Å². The second kappa shape index (κ2) is 4.26. The Bertz CT molecular complexity index is 517. The highest BCUT2D eigenvalue weighted by Crippen LogP contribution is 2.20. The van der Waals surface area contributed by atoms with Gasteiger partial charge in [-0.1, -0.05) is 6.07 Å². The van der Waals surface area contributed by atoms with Gasteiger partial charge in [-0.25, -0.2) is 0 Å². The molecule has 4 heteroatoms. The molecule has 2 rings (SSSR count). The molecule has 0 aliphatic heterocycles. The Morgan fingerprint density at radius 2 is 2.31 bits per heavy atom. The van der Waals surface area contributed by atoms with Gasteiger partial charge in [0.15, 0.2) is 0 Å². The molecule has 0 aliphatic carbocycles. The van der Waals surface area contributed by atoms with Crippen LogP contribution in [0, 0.1) is 0 Å². The van der Waals surface area contributed by atoms with Crippen molar-refractivity contribution in [1.29, 1.82) is 0 Å². The summed E-state index contributed by atoms with van der Waals surface area (Å²) in [5.74, 6) is -0.246. The number of fused-ring (bicyclic) bond motifs is 1. The van der Waals surface area contributed by atoms with Gasteiger partial charge in [0.25, 0.3) is 0 Å². The number of ether oxygens (including phenoxy) is 1. The van der Waals surface area contributed by atoms with Crippen molar-refractivity contribution < 1.29 is 9.53 Å². The van der Waals surface area contributed by atoms with Crippen molar-refractivity contribution in [3.63, 3.8) is 0 Å². The molecule has 0 unspecified atom stereocenters. The topological polar surface area (TPSA) is 68.1 Å². The van der Waals surface area contributed by atoms with Crippen molar-refractivity contribution in [2.75, 3.05) is 12.3 Å². The van der Waals surface area contributed by atoms with Crippen LogP contribution in [0.3, 0.4) is 0 Å². The fraction of sp³-hybridized carbons (Fsp3) is 0.250. The van der Waals surface area contributed by atoms with Crippen LogP contribution < -0.4 is 5.73 Å². The number of nitrogens with one attached hydrogen (secondary N) is 1. The van der Waals surface area contributed by atoms with Gasteiger partial charge in [0.05, 0.1) is 6.61 Å². The lowest BCUT2D eigenvalue weighted by Gasteiger charge is -2.01. The Morgan fingerprint density at radius 1 is 1.50 bits per heavy atom. The van der Waals surface area contributed by atoms with Gasteiger partial charge in [0.2, 0.25) is 0 Å². The predicted octanol–water partition coefficient (Wildman–Crippen LogP) is 1.86. The number of benzene rings is 1. The molecule has 0 fully saturated rings. The molecule has 0 atom stereocenters. The maximum Gasteiger partial charge on any atom is 0.302 e. The Kier molecular flexibility index (Phi) is 2.81. The number of nitrogens with two attached hydrogens (primary N) is 1. The number of aromatic nitrogens is 1. The molecule has 84 valence electrons. The molecule has 1 aromatic heterocycles. The van der Waals surface area contributed by atoms with Gasteiger partial charge in [0, 0.05) is 36.1 Å². The quantitative estimate of drug-likeness (QED) is 0.610. The summed E-state index contributed by atoms with van der Waals surface area (Å²) >= 11 is 0. The number of rotatable bonds is 3. The maximum absolute atomic E-state index is 10.6. The number of hydrogen-bond acceptors (Lipinski definition) is 3. The van der Waals surface area contributed by atoms with E-state index >= 15 is 0 Å². The lowest BCUT2D eigenvalue weighted by molar-refractivity contribution is -0.140. The second-order valence-electron chi connectivity index (χ2n) is 3.71. The largest absolute Gasteiger partial charge is 0.466 e. The fourth-order valence-electron chi connectivity index (χ4n) is 1.72. The van der Waals surface area contributed by atoms with Gasteiger partial charge < -0.3 is 15.5 Å². The van der Waals surface area contributed by atoms with Crippen molar-refractivity contribution in [1.82, 2.24) is 4.98 Å². The number of carbonyl (C=O) groups is 1. The number of hydrogen-bond donors (Lipinski definition) is 2. The third kappa shape index (κ3) is 2.16. The molecule has 3 N–H and O–H groups in total. The van der Waals surface area contributed by atoms with Gasteiger partial charge >= 0.3 is 5.97 Å². The van der Waals surface area contributed by atoms with Crippen LogP contribution >= 0.6 is 0 Å². The van der Waals surface area contributed by atoms with Crippen molar-refractivity contribution in [3.8, 4) is 0 Å². The summed E-state index contributed by atoms with van der Waals surface area (Å²) in [7, 11) is 0. The SMILES string of the molecule is CC(=O)OCCc1c[nH]c2cc(N)ccc12. The third-order valence-electron chi connectivity index (χ3n) is 2.47. The van der Waals surface area contributed by atoms with Crippen LogP contribution in [0.5, 0.6) is 0 Å². The highest BCUT2D eigenvalue weighted by Gasteiger charge is 2.04. The van der Waals surface area contributed by atoms with Gasteiger partial charge in [-0.15, -0.1) is 0 Å². The Balaban J connectivity index is 2.15. The maximum atomic E-state index is 10.6. The zero-order valence-electron chi connectivity index (χ0n) is 9.12. The van der Waals surface area contributed by atoms with E-state index in [9.17, 15) is 4.79 Å². The van der Waals surface area contributed by atoms with Crippen molar-refractivity contribution in [3.05, 3.63) is 30.0 Å². The minimum atomic E-state index is -0.246. The van der Waals surface area contributed by atoms with Gasteiger partial charge in [0.1, 0.15) is 0 Å². The molecule has 0 spiro atoms. The highest BCUT2D eigenvalue weighted by atomic mass is 16.5. The molecule has 0 aliphatic rings. The monoisotopic (exact) mass is 218 g/mol. The summed E-state index contributed by atoms with van der Waals surface area (Å²) in [4.78, 5) is 13.8. The van der Waals surface area contributed by atoms with E-state index in [2.05, 4.69) is 4.98 Å². The minimum Gasteiger partial charge on any atom is -0.466 e. The number of nitrogen functional groups attached to an aromatic ring is 1. The summed E-state index contributed by atoms with van der Waals surface area (Å²) in [5, 5.41) is 1.13. The lowest BCUT2D eigenvalue weighted by Crippen LogP contribution is -2.02. The van der Waals surface area contributed by atoms with Crippen LogP contribution in [-0.2, 0) is 16.0 Å². The van der Waals surface area contributed by atoms with Crippen molar-refractivity contribution in [2.24, 2.45) is 0 Å². The summed E-state index contributed by atoms with van der Waals surface area (Å²) in [6, 6.07) is 5.74. The normalized spacial score (nSPS) is 10.6. The highest BCUT2D eigenvalue weighted by molar-refractivity contribution is 5.85. The zero-order chi connectivity index (χ0) is 11.5. The molecule has 0 amide bonds. The molecular weight excluding hydrogens is 204 g/mol. The van der Waals surface area contributed by atoms with Crippen LogP contribution in [0.15, 0.2) is 24.4 Å². The molecule has 1 aromatic carbocycles. The summed E-state index contributed by atoms with van der Waals surface area (Å²) in [6.45, 7) is 1.82. The molecule has 2 aromatic rings. The zero-order valence-corrected chi connectivity index (χ0v) is 9.12. The number of anilines is 1. The minimum absolute atomic E-state index is 0.246. The standard InChI is InChI=1S/C12H14N2O2/c1-8(15)16-5-4-9-7-14-12-6-10(13)2-3-11(9)12/h2-3,6-7,14H,4-5,13H2,1H3. The molecule has 0 radical (unpaired) electrons. The van der Waals surface area contributed by atoms with E-state index in [0.29, 0.717) is 13.0 Å². The first kappa shape index (κ1) is 10.5. The molecule has 1 heterocycles. The average Bonchev–Trinajstić information content (AvgIpc) is 2.60. The summed E-state index contributed by atoms with van der Waals surface area (Å²) < 4.78 is 4.91. The second-order valence-corrected chi connectivity index (χ2v) is 3.71. The smallest absolute Gasteiger partial charge is 0.302 e. The van der Waals surface area contributed by atoms with E-state index in [4.69, 9.17) is 10.5 Å². The van der Waals surface area contributed by atoms with Gasteiger partial charge in [-0.3, -0.25) is 4.79 Å². The van der Waals surface area contributed by atoms with Crippen LogP contribution in [-0.4, -0.2) is 17.6 Å². The van der Waals surface area contributed by atoms with Gasteiger partial charge in [-0.2, -0.15) is 0 Å². The number of esters is 1. The lowest BCUT2D eigenvalue weighted by atomic mass is 10.1. The van der Waals surface area contributed by atoms with Crippen molar-refractivity contribution in [2.45, 2.75) is 13.3 Å². The molecule has 0 bridgehead atoms. The predicted molar refractivity (Wildman–Crippen MR) is 63.0 cm³/mol. The van der Waals surface area contributed by atoms with Crippen LogP contribution in [0.25, 0.3) is 10.9 Å². The van der Waals surface area contributed by atoms with E-state index < -0.39 is 0 Å². The van der Waals surface area contributed by atoms with E-state index in [1.807, 2.05) is 24.4 Å². The van der Waals surface area contributed by atoms with Crippen molar-refractivity contribution >= 4 is 22.6 Å². The summed E-state index contributed by atoms with van der Waals surface area (Å²) in [6.07, 6.45) is 2.64. The number of carbonyl (C=O) groups excluding carboxylic acids is 1. The van der Waals surface area contributed by atoms with Crippen LogP contribution in [0.2, 0.25) is 0 Å². The molecule has 16 heavy (non-hydrogen) atoms. The average molecular weight is 218 g/mol.